The van der Waals surface area contributed by atoms with Gasteiger partial charge in [-0.1, -0.05) is 13.0 Å². The number of carbonyl (C=O) groups excluding carboxylic acids is 1. The van der Waals surface area contributed by atoms with Crippen LogP contribution < -0.4 is 11.1 Å². The summed E-state index contributed by atoms with van der Waals surface area (Å²) in [4.78, 5) is 14.9. The zero-order valence-corrected chi connectivity index (χ0v) is 10.8. The second-order valence-electron chi connectivity index (χ2n) is 4.20. The van der Waals surface area contributed by atoms with Crippen LogP contribution in [0.15, 0.2) is 30.6 Å². The number of hydrogen-bond donors (Lipinski definition) is 2. The first-order valence-corrected chi connectivity index (χ1v) is 6.01. The van der Waals surface area contributed by atoms with Crippen LogP contribution in [0.4, 0.5) is 20.2 Å². The van der Waals surface area contributed by atoms with Gasteiger partial charge in [-0.15, -0.1) is 0 Å². The number of primary amides is 1. The van der Waals surface area contributed by atoms with E-state index in [0.29, 0.717) is 6.42 Å². The van der Waals surface area contributed by atoms with Gasteiger partial charge < -0.3 is 11.1 Å². The number of pyridine rings is 1. The quantitative estimate of drug-likeness (QED) is 0.903. The van der Waals surface area contributed by atoms with Crippen LogP contribution in [0.3, 0.4) is 0 Å². The lowest BCUT2D eigenvalue weighted by Crippen LogP contribution is -2.16. The molecule has 3 N–H and O–H groups in total. The molecule has 1 aromatic carbocycles. The second kappa shape index (κ2) is 5.64. The molecule has 0 aliphatic heterocycles. The normalized spacial score (nSPS) is 10.3. The minimum atomic E-state index is -0.946. The average Bonchev–Trinajstić information content (AvgIpc) is 2.40. The Hall–Kier alpha value is -2.50. The molecule has 0 radical (unpaired) electrons. The molecule has 6 heteroatoms. The predicted octanol–water partition coefficient (Wildman–Crippen LogP) is 2.76. The van der Waals surface area contributed by atoms with E-state index in [9.17, 15) is 13.6 Å². The summed E-state index contributed by atoms with van der Waals surface area (Å²) in [6.07, 6.45) is 2.80. The van der Waals surface area contributed by atoms with Crippen LogP contribution in [0, 0.1) is 11.6 Å². The topological polar surface area (TPSA) is 68.0 Å². The Morgan fingerprint density at radius 2 is 2.00 bits per heavy atom. The summed E-state index contributed by atoms with van der Waals surface area (Å²) in [6, 6.07) is 4.63. The van der Waals surface area contributed by atoms with E-state index in [-0.39, 0.29) is 16.9 Å². The number of nitrogens with two attached hydrogens (primary N) is 1. The van der Waals surface area contributed by atoms with E-state index in [2.05, 4.69) is 10.3 Å². The molecule has 4 nitrogen and oxygen atoms in total. The van der Waals surface area contributed by atoms with Gasteiger partial charge >= 0.3 is 0 Å². The van der Waals surface area contributed by atoms with Gasteiger partial charge in [-0.25, -0.2) is 8.78 Å². The summed E-state index contributed by atoms with van der Waals surface area (Å²) >= 11 is 0. The van der Waals surface area contributed by atoms with Gasteiger partial charge in [-0.3, -0.25) is 9.78 Å². The van der Waals surface area contributed by atoms with Crippen LogP contribution in [0.2, 0.25) is 0 Å². The molecular weight excluding hydrogens is 264 g/mol. The summed E-state index contributed by atoms with van der Waals surface area (Å²) < 4.78 is 27.4. The third-order valence-electron chi connectivity index (χ3n) is 2.86. The third-order valence-corrected chi connectivity index (χ3v) is 2.86. The molecule has 0 saturated carbocycles. The number of aryl methyl sites for hydroxylation is 1. The Bertz CT molecular complexity index is 659. The smallest absolute Gasteiger partial charge is 0.253 e. The van der Waals surface area contributed by atoms with E-state index in [0.717, 1.165) is 11.8 Å². The van der Waals surface area contributed by atoms with Gasteiger partial charge in [0.2, 0.25) is 0 Å². The number of carbonyl (C=O) groups is 1. The number of hydrogen-bond acceptors (Lipinski definition) is 3. The molecule has 0 bridgehead atoms. The fraction of sp³-hybridized carbons (Fsp3) is 0.143. The molecule has 0 atom stereocenters. The Balaban J connectivity index is 2.40. The molecule has 0 spiro atoms. The number of halogens is 2. The fourth-order valence-corrected chi connectivity index (χ4v) is 1.81. The summed E-state index contributed by atoms with van der Waals surface area (Å²) in [5, 5.41) is 2.64. The fourth-order valence-electron chi connectivity index (χ4n) is 1.81. The van der Waals surface area contributed by atoms with Crippen molar-refractivity contribution in [3.05, 3.63) is 53.4 Å². The molecule has 104 valence electrons. The highest BCUT2D eigenvalue weighted by atomic mass is 19.1. The molecule has 0 aliphatic carbocycles. The highest BCUT2D eigenvalue weighted by molar-refractivity contribution is 5.99. The van der Waals surface area contributed by atoms with Crippen molar-refractivity contribution in [3.8, 4) is 0 Å². The highest BCUT2D eigenvalue weighted by Crippen LogP contribution is 2.24. The summed E-state index contributed by atoms with van der Waals surface area (Å²) in [5.41, 5.74) is 5.75. The molecule has 2 aromatic rings. The summed E-state index contributed by atoms with van der Waals surface area (Å²) in [6.45, 7) is 1.91. The Kier molecular flexibility index (Phi) is 3.93. The van der Waals surface area contributed by atoms with Crippen molar-refractivity contribution in [3.63, 3.8) is 0 Å². The average molecular weight is 277 g/mol. The van der Waals surface area contributed by atoms with Crippen LogP contribution in [-0.4, -0.2) is 10.9 Å². The van der Waals surface area contributed by atoms with E-state index < -0.39 is 17.5 Å². The lowest BCUT2D eigenvalue weighted by molar-refractivity contribution is 0.0997. The lowest BCUT2D eigenvalue weighted by atomic mass is 10.1. The Morgan fingerprint density at radius 1 is 1.25 bits per heavy atom. The van der Waals surface area contributed by atoms with Crippen LogP contribution in [-0.2, 0) is 6.42 Å². The minimum absolute atomic E-state index is 0.0284. The molecule has 1 amide bonds. The molecule has 20 heavy (non-hydrogen) atoms. The molecule has 0 aliphatic rings. The maximum atomic E-state index is 13.9. The SMILES string of the molecule is CCc1ccc(Nc2cncc(F)c2C(N)=O)c(F)c1. The maximum absolute atomic E-state index is 13.9. The number of rotatable bonds is 4. The first kappa shape index (κ1) is 13.9. The number of amides is 1. The van der Waals surface area contributed by atoms with Crippen molar-refractivity contribution < 1.29 is 13.6 Å². The molecule has 0 unspecified atom stereocenters. The largest absolute Gasteiger partial charge is 0.365 e. The Morgan fingerprint density at radius 3 is 2.60 bits per heavy atom. The van der Waals surface area contributed by atoms with Crippen LogP contribution in [0.25, 0.3) is 0 Å². The van der Waals surface area contributed by atoms with Gasteiger partial charge in [0.05, 0.1) is 23.8 Å². The van der Waals surface area contributed by atoms with Crippen molar-refractivity contribution in [1.29, 1.82) is 0 Å². The zero-order valence-electron chi connectivity index (χ0n) is 10.8. The van der Waals surface area contributed by atoms with E-state index in [1.807, 2.05) is 6.92 Å². The van der Waals surface area contributed by atoms with Gasteiger partial charge in [-0.05, 0) is 24.1 Å². The maximum Gasteiger partial charge on any atom is 0.253 e. The molecule has 0 saturated heterocycles. The number of anilines is 2. The number of benzene rings is 1. The Labute approximate surface area is 114 Å². The van der Waals surface area contributed by atoms with Crippen molar-refractivity contribution in [1.82, 2.24) is 4.98 Å². The summed E-state index contributed by atoms with van der Waals surface area (Å²) in [7, 11) is 0. The standard InChI is InChI=1S/C14H13F2N3O/c1-2-8-3-4-11(9(15)5-8)19-12-7-18-6-10(16)13(12)14(17)20/h3-7,19H,2H2,1H3,(H2,17,20). The number of nitrogens with zero attached hydrogens (tertiary/aromatic N) is 1. The third kappa shape index (κ3) is 2.74. The van der Waals surface area contributed by atoms with E-state index in [4.69, 9.17) is 5.73 Å². The molecule has 2 rings (SSSR count). The molecule has 1 heterocycles. The van der Waals surface area contributed by atoms with Crippen LogP contribution in [0.5, 0.6) is 0 Å². The van der Waals surface area contributed by atoms with Crippen LogP contribution in [0.1, 0.15) is 22.8 Å². The van der Waals surface area contributed by atoms with Gasteiger partial charge in [0, 0.05) is 0 Å². The van der Waals surface area contributed by atoms with E-state index in [1.165, 1.54) is 18.3 Å². The van der Waals surface area contributed by atoms with E-state index in [1.54, 1.807) is 6.07 Å². The van der Waals surface area contributed by atoms with Crippen molar-refractivity contribution >= 4 is 17.3 Å². The monoisotopic (exact) mass is 277 g/mol. The van der Waals surface area contributed by atoms with Gasteiger partial charge in [0.15, 0.2) is 5.82 Å². The van der Waals surface area contributed by atoms with Crippen molar-refractivity contribution in [2.24, 2.45) is 5.73 Å². The number of aromatic nitrogens is 1. The van der Waals surface area contributed by atoms with Gasteiger partial charge in [0.1, 0.15) is 11.4 Å². The zero-order chi connectivity index (χ0) is 14.7. The van der Waals surface area contributed by atoms with Crippen LogP contribution >= 0.6 is 0 Å². The molecular formula is C14H13F2N3O. The lowest BCUT2D eigenvalue weighted by Gasteiger charge is -2.11. The highest BCUT2D eigenvalue weighted by Gasteiger charge is 2.15. The second-order valence-corrected chi connectivity index (χ2v) is 4.20. The van der Waals surface area contributed by atoms with Gasteiger partial charge in [0.25, 0.3) is 5.91 Å². The summed E-state index contributed by atoms with van der Waals surface area (Å²) in [5.74, 6) is -2.30. The van der Waals surface area contributed by atoms with E-state index >= 15 is 0 Å². The first-order valence-electron chi connectivity index (χ1n) is 6.01. The molecule has 0 fully saturated rings. The van der Waals surface area contributed by atoms with Gasteiger partial charge in [-0.2, -0.15) is 0 Å². The van der Waals surface area contributed by atoms with Crippen molar-refractivity contribution in [2.75, 3.05) is 5.32 Å². The number of nitrogens with one attached hydrogen (secondary N) is 1. The predicted molar refractivity (Wildman–Crippen MR) is 71.8 cm³/mol. The molecule has 1 aromatic heterocycles. The van der Waals surface area contributed by atoms with Crippen molar-refractivity contribution in [2.45, 2.75) is 13.3 Å². The minimum Gasteiger partial charge on any atom is -0.365 e. The first-order chi connectivity index (χ1) is 9.52.